The first kappa shape index (κ1) is 11.7. The van der Waals surface area contributed by atoms with Crippen LogP contribution in [0.5, 0.6) is 0 Å². The van der Waals surface area contributed by atoms with E-state index in [9.17, 15) is 18.0 Å². The van der Waals surface area contributed by atoms with Crippen molar-refractivity contribution in [2.24, 2.45) is 0 Å². The standard InChI is InChI=1S/C10H10F3NO/c1-5(14-2)10(15)7-3-6(11)4-8(12)9(7)13/h3-5,14H,1-2H3. The van der Waals surface area contributed by atoms with E-state index in [0.717, 1.165) is 0 Å². The second-order valence-electron chi connectivity index (χ2n) is 3.12. The third kappa shape index (κ3) is 2.36. The fourth-order valence-electron chi connectivity index (χ4n) is 1.10. The molecular weight excluding hydrogens is 207 g/mol. The zero-order chi connectivity index (χ0) is 11.6. The third-order valence-corrected chi connectivity index (χ3v) is 2.08. The summed E-state index contributed by atoms with van der Waals surface area (Å²) in [6.07, 6.45) is 0. The maximum absolute atomic E-state index is 13.1. The highest BCUT2D eigenvalue weighted by Crippen LogP contribution is 2.15. The highest BCUT2D eigenvalue weighted by molar-refractivity contribution is 6.00. The quantitative estimate of drug-likeness (QED) is 0.618. The summed E-state index contributed by atoms with van der Waals surface area (Å²) in [6.45, 7) is 1.48. The topological polar surface area (TPSA) is 29.1 Å². The molecule has 1 N–H and O–H groups in total. The molecule has 1 unspecified atom stereocenters. The Kier molecular flexibility index (Phi) is 3.47. The molecule has 1 rings (SSSR count). The molecule has 15 heavy (non-hydrogen) atoms. The van der Waals surface area contributed by atoms with Gasteiger partial charge in [-0.1, -0.05) is 0 Å². The number of halogens is 3. The highest BCUT2D eigenvalue weighted by atomic mass is 19.2. The van der Waals surface area contributed by atoms with Crippen LogP contribution in [0.3, 0.4) is 0 Å². The monoisotopic (exact) mass is 217 g/mol. The van der Waals surface area contributed by atoms with Crippen LogP contribution in [0.25, 0.3) is 0 Å². The van der Waals surface area contributed by atoms with E-state index in [2.05, 4.69) is 5.32 Å². The molecule has 0 aliphatic carbocycles. The summed E-state index contributed by atoms with van der Waals surface area (Å²) in [6, 6.07) is 0.394. The van der Waals surface area contributed by atoms with Gasteiger partial charge in [0, 0.05) is 6.07 Å². The molecule has 0 spiro atoms. The van der Waals surface area contributed by atoms with E-state index in [1.165, 1.54) is 14.0 Å². The lowest BCUT2D eigenvalue weighted by Gasteiger charge is -2.09. The van der Waals surface area contributed by atoms with Gasteiger partial charge in [-0.3, -0.25) is 4.79 Å². The molecule has 0 saturated carbocycles. The van der Waals surface area contributed by atoms with Crippen molar-refractivity contribution in [3.05, 3.63) is 35.1 Å². The van der Waals surface area contributed by atoms with Crippen molar-refractivity contribution < 1.29 is 18.0 Å². The van der Waals surface area contributed by atoms with Crippen molar-refractivity contribution in [3.8, 4) is 0 Å². The molecular formula is C10H10F3NO. The average Bonchev–Trinajstić information content (AvgIpc) is 2.21. The van der Waals surface area contributed by atoms with Gasteiger partial charge in [0.1, 0.15) is 5.82 Å². The van der Waals surface area contributed by atoms with Crippen molar-refractivity contribution in [3.63, 3.8) is 0 Å². The Bertz CT molecular complexity index is 392. The van der Waals surface area contributed by atoms with Crippen LogP contribution < -0.4 is 5.32 Å². The Hall–Kier alpha value is -1.36. The Morgan fingerprint density at radius 2 is 1.93 bits per heavy atom. The molecule has 5 heteroatoms. The lowest BCUT2D eigenvalue weighted by Crippen LogP contribution is -2.31. The number of hydrogen-bond acceptors (Lipinski definition) is 2. The summed E-state index contributed by atoms with van der Waals surface area (Å²) < 4.78 is 38.7. The van der Waals surface area contributed by atoms with Crippen LogP contribution in [-0.4, -0.2) is 18.9 Å². The van der Waals surface area contributed by atoms with Gasteiger partial charge in [0.15, 0.2) is 17.4 Å². The van der Waals surface area contributed by atoms with E-state index in [-0.39, 0.29) is 0 Å². The second kappa shape index (κ2) is 4.44. The van der Waals surface area contributed by atoms with Gasteiger partial charge in [-0.25, -0.2) is 13.2 Å². The summed E-state index contributed by atoms with van der Waals surface area (Å²) in [4.78, 5) is 11.5. The molecule has 0 amide bonds. The van der Waals surface area contributed by atoms with E-state index in [4.69, 9.17) is 0 Å². The minimum absolute atomic E-state index is 0.399. The van der Waals surface area contributed by atoms with E-state index in [1.54, 1.807) is 0 Å². The molecule has 82 valence electrons. The second-order valence-corrected chi connectivity index (χ2v) is 3.12. The molecule has 0 heterocycles. The van der Waals surface area contributed by atoms with Crippen molar-refractivity contribution in [2.45, 2.75) is 13.0 Å². The van der Waals surface area contributed by atoms with Gasteiger partial charge in [-0.05, 0) is 20.0 Å². The zero-order valence-corrected chi connectivity index (χ0v) is 8.27. The smallest absolute Gasteiger partial charge is 0.182 e. The van der Waals surface area contributed by atoms with Crippen molar-refractivity contribution >= 4 is 5.78 Å². The molecule has 1 atom stereocenters. The van der Waals surface area contributed by atoms with Crippen LogP contribution in [-0.2, 0) is 0 Å². The van der Waals surface area contributed by atoms with Crippen LogP contribution >= 0.6 is 0 Å². The van der Waals surface area contributed by atoms with Gasteiger partial charge < -0.3 is 5.32 Å². The van der Waals surface area contributed by atoms with Crippen LogP contribution in [0, 0.1) is 17.5 Å². The predicted molar refractivity (Wildman–Crippen MR) is 49.2 cm³/mol. The van der Waals surface area contributed by atoms with Crippen LogP contribution in [0.4, 0.5) is 13.2 Å². The summed E-state index contributed by atoms with van der Waals surface area (Å²) in [7, 11) is 1.50. The van der Waals surface area contributed by atoms with Crippen molar-refractivity contribution in [1.29, 1.82) is 0 Å². The average molecular weight is 217 g/mol. The number of rotatable bonds is 3. The number of carbonyl (C=O) groups excluding carboxylic acids is 1. The molecule has 1 aromatic rings. The van der Waals surface area contributed by atoms with E-state index in [0.29, 0.717) is 12.1 Å². The molecule has 0 bridgehead atoms. The minimum Gasteiger partial charge on any atom is -0.310 e. The summed E-state index contributed by atoms with van der Waals surface area (Å²) in [5.74, 6) is -4.33. The molecule has 0 aliphatic heterocycles. The Morgan fingerprint density at radius 3 is 2.47 bits per heavy atom. The Labute approximate surface area is 85.1 Å². The number of benzene rings is 1. The van der Waals surface area contributed by atoms with Gasteiger partial charge in [-0.2, -0.15) is 0 Å². The number of hydrogen-bond donors (Lipinski definition) is 1. The summed E-state index contributed by atoms with van der Waals surface area (Å²) in [5, 5.41) is 2.57. The molecule has 0 radical (unpaired) electrons. The molecule has 0 saturated heterocycles. The first-order valence-electron chi connectivity index (χ1n) is 4.33. The van der Waals surface area contributed by atoms with Gasteiger partial charge in [0.2, 0.25) is 0 Å². The Morgan fingerprint density at radius 1 is 1.33 bits per heavy atom. The van der Waals surface area contributed by atoms with E-state index >= 15 is 0 Å². The largest absolute Gasteiger partial charge is 0.310 e. The number of likely N-dealkylation sites (N-methyl/N-ethyl adjacent to an activating group) is 1. The Balaban J connectivity index is 3.19. The molecule has 2 nitrogen and oxygen atoms in total. The van der Waals surface area contributed by atoms with Crippen LogP contribution in [0.2, 0.25) is 0 Å². The zero-order valence-electron chi connectivity index (χ0n) is 8.27. The van der Waals surface area contributed by atoms with Gasteiger partial charge in [0.05, 0.1) is 11.6 Å². The lowest BCUT2D eigenvalue weighted by atomic mass is 10.0. The summed E-state index contributed by atoms with van der Waals surface area (Å²) >= 11 is 0. The van der Waals surface area contributed by atoms with E-state index in [1.807, 2.05) is 0 Å². The predicted octanol–water partition coefficient (Wildman–Crippen LogP) is 1.89. The van der Waals surface area contributed by atoms with E-state index < -0.39 is 34.8 Å². The maximum Gasteiger partial charge on any atom is 0.182 e. The highest BCUT2D eigenvalue weighted by Gasteiger charge is 2.21. The molecule has 1 aromatic carbocycles. The first-order chi connectivity index (χ1) is 6.97. The van der Waals surface area contributed by atoms with Gasteiger partial charge >= 0.3 is 0 Å². The number of ketones is 1. The lowest BCUT2D eigenvalue weighted by molar-refractivity contribution is 0.0949. The number of Topliss-reactive ketones (excluding diaryl/α,β-unsaturated/α-hetero) is 1. The van der Waals surface area contributed by atoms with Crippen LogP contribution in [0.15, 0.2) is 12.1 Å². The van der Waals surface area contributed by atoms with Gasteiger partial charge in [0.25, 0.3) is 0 Å². The third-order valence-electron chi connectivity index (χ3n) is 2.08. The fraction of sp³-hybridized carbons (Fsp3) is 0.300. The normalized spacial score (nSPS) is 12.6. The van der Waals surface area contributed by atoms with Crippen molar-refractivity contribution in [1.82, 2.24) is 5.32 Å². The first-order valence-corrected chi connectivity index (χ1v) is 4.33. The number of carbonyl (C=O) groups is 1. The minimum atomic E-state index is -1.36. The van der Waals surface area contributed by atoms with Crippen LogP contribution in [0.1, 0.15) is 17.3 Å². The maximum atomic E-state index is 13.1. The molecule has 0 fully saturated rings. The summed E-state index contributed by atoms with van der Waals surface area (Å²) in [5.41, 5.74) is -0.575. The SMILES string of the molecule is CNC(C)C(=O)c1cc(F)cc(F)c1F. The fourth-order valence-corrected chi connectivity index (χ4v) is 1.10. The van der Waals surface area contributed by atoms with Gasteiger partial charge in [-0.15, -0.1) is 0 Å². The van der Waals surface area contributed by atoms with Crippen molar-refractivity contribution in [2.75, 3.05) is 7.05 Å². The molecule has 0 aromatic heterocycles. The molecule has 0 aliphatic rings. The number of nitrogens with one attached hydrogen (secondary N) is 1.